The van der Waals surface area contributed by atoms with Crippen LogP contribution in [0.25, 0.3) is 0 Å². The fourth-order valence-electron chi connectivity index (χ4n) is 2.18. The van der Waals surface area contributed by atoms with Crippen molar-refractivity contribution in [3.8, 4) is 0 Å². The van der Waals surface area contributed by atoms with Crippen LogP contribution in [0.4, 0.5) is 4.79 Å². The normalized spacial score (nSPS) is 19.3. The van der Waals surface area contributed by atoms with E-state index in [-0.39, 0.29) is 18.0 Å². The average molecular weight is 284 g/mol. The number of rotatable bonds is 4. The monoisotopic (exact) mass is 284 g/mol. The number of ether oxygens (including phenoxy) is 1. The number of hydrogen-bond donors (Lipinski definition) is 1. The molecule has 116 valence electrons. The highest BCUT2D eigenvalue weighted by molar-refractivity contribution is 5.86. The third-order valence-corrected chi connectivity index (χ3v) is 3.20. The first-order chi connectivity index (χ1) is 9.20. The number of amides is 2. The molecular formula is C15H28N2O3. The largest absolute Gasteiger partial charge is 0.444 e. The Labute approximate surface area is 122 Å². The summed E-state index contributed by atoms with van der Waals surface area (Å²) < 4.78 is 5.35. The van der Waals surface area contributed by atoms with E-state index in [0.29, 0.717) is 25.4 Å². The van der Waals surface area contributed by atoms with E-state index in [1.807, 2.05) is 20.8 Å². The van der Waals surface area contributed by atoms with Crippen molar-refractivity contribution in [2.75, 3.05) is 13.1 Å². The molecule has 1 atom stereocenters. The SMILES string of the molecule is CC(C)CCNC(=O)C1CCCN1C(=O)OC(C)(C)C. The van der Waals surface area contributed by atoms with Gasteiger partial charge in [-0.1, -0.05) is 13.8 Å². The number of nitrogens with one attached hydrogen (secondary N) is 1. The molecule has 0 aromatic rings. The van der Waals surface area contributed by atoms with Crippen LogP contribution in [0.5, 0.6) is 0 Å². The molecule has 2 amide bonds. The predicted octanol–water partition coefficient (Wildman–Crippen LogP) is 2.55. The summed E-state index contributed by atoms with van der Waals surface area (Å²) in [5.74, 6) is 0.495. The summed E-state index contributed by atoms with van der Waals surface area (Å²) >= 11 is 0. The first-order valence-corrected chi connectivity index (χ1v) is 7.48. The van der Waals surface area contributed by atoms with E-state index in [2.05, 4.69) is 19.2 Å². The number of carbonyl (C=O) groups excluding carboxylic acids is 2. The molecule has 5 heteroatoms. The molecule has 1 aliphatic heterocycles. The van der Waals surface area contributed by atoms with Crippen molar-refractivity contribution in [3.63, 3.8) is 0 Å². The minimum Gasteiger partial charge on any atom is -0.444 e. The first kappa shape index (κ1) is 16.8. The average Bonchev–Trinajstić information content (AvgIpc) is 2.74. The van der Waals surface area contributed by atoms with Gasteiger partial charge in [-0.25, -0.2) is 4.79 Å². The first-order valence-electron chi connectivity index (χ1n) is 7.48. The lowest BCUT2D eigenvalue weighted by molar-refractivity contribution is -0.125. The van der Waals surface area contributed by atoms with Gasteiger partial charge in [0.05, 0.1) is 0 Å². The van der Waals surface area contributed by atoms with Gasteiger partial charge in [-0.15, -0.1) is 0 Å². The summed E-state index contributed by atoms with van der Waals surface area (Å²) in [6.07, 6.45) is 2.12. The van der Waals surface area contributed by atoms with Crippen molar-refractivity contribution in [3.05, 3.63) is 0 Å². The van der Waals surface area contributed by atoms with Crippen LogP contribution in [-0.2, 0) is 9.53 Å². The molecule has 0 spiro atoms. The van der Waals surface area contributed by atoms with Crippen molar-refractivity contribution in [1.82, 2.24) is 10.2 Å². The predicted molar refractivity (Wildman–Crippen MR) is 78.4 cm³/mol. The van der Waals surface area contributed by atoms with Gasteiger partial charge in [0.1, 0.15) is 11.6 Å². The second-order valence-corrected chi connectivity index (χ2v) is 6.81. The highest BCUT2D eigenvalue weighted by atomic mass is 16.6. The molecule has 1 aliphatic rings. The van der Waals surface area contributed by atoms with Crippen molar-refractivity contribution < 1.29 is 14.3 Å². The highest BCUT2D eigenvalue weighted by Crippen LogP contribution is 2.21. The summed E-state index contributed by atoms with van der Waals surface area (Å²) in [7, 11) is 0. The van der Waals surface area contributed by atoms with Gasteiger partial charge >= 0.3 is 6.09 Å². The molecule has 0 radical (unpaired) electrons. The summed E-state index contributed by atoms with van der Waals surface area (Å²) in [4.78, 5) is 25.8. The number of carbonyl (C=O) groups is 2. The van der Waals surface area contributed by atoms with E-state index in [9.17, 15) is 9.59 Å². The Balaban J connectivity index is 2.51. The quantitative estimate of drug-likeness (QED) is 0.863. The Morgan fingerprint density at radius 1 is 1.35 bits per heavy atom. The fourth-order valence-corrected chi connectivity index (χ4v) is 2.18. The minimum atomic E-state index is -0.529. The van der Waals surface area contributed by atoms with Crippen molar-refractivity contribution in [1.29, 1.82) is 0 Å². The summed E-state index contributed by atoms with van der Waals surface area (Å²) in [6, 6.07) is -0.378. The molecule has 1 fully saturated rings. The van der Waals surface area contributed by atoms with Crippen molar-refractivity contribution >= 4 is 12.0 Å². The van der Waals surface area contributed by atoms with Crippen LogP contribution in [0.15, 0.2) is 0 Å². The maximum Gasteiger partial charge on any atom is 0.410 e. The molecule has 0 bridgehead atoms. The number of likely N-dealkylation sites (tertiary alicyclic amines) is 1. The maximum atomic E-state index is 12.1. The second-order valence-electron chi connectivity index (χ2n) is 6.81. The Morgan fingerprint density at radius 3 is 2.55 bits per heavy atom. The van der Waals surface area contributed by atoms with Gasteiger partial charge in [-0.3, -0.25) is 9.69 Å². The molecule has 5 nitrogen and oxygen atoms in total. The van der Waals surface area contributed by atoms with Crippen LogP contribution in [0.1, 0.15) is 53.9 Å². The third kappa shape index (κ3) is 5.39. The smallest absolute Gasteiger partial charge is 0.410 e. The van der Waals surface area contributed by atoms with Gasteiger partial charge < -0.3 is 10.1 Å². The Bertz CT molecular complexity index is 348. The molecule has 1 rings (SSSR count). The van der Waals surface area contributed by atoms with E-state index in [1.54, 1.807) is 4.90 Å². The van der Waals surface area contributed by atoms with Gasteiger partial charge in [0.25, 0.3) is 0 Å². The zero-order valence-corrected chi connectivity index (χ0v) is 13.4. The maximum absolute atomic E-state index is 12.1. The second kappa shape index (κ2) is 6.95. The molecule has 0 saturated carbocycles. The number of hydrogen-bond acceptors (Lipinski definition) is 3. The van der Waals surface area contributed by atoms with Crippen LogP contribution in [0, 0.1) is 5.92 Å². The molecule has 1 saturated heterocycles. The fraction of sp³-hybridized carbons (Fsp3) is 0.867. The molecule has 0 aromatic heterocycles. The lowest BCUT2D eigenvalue weighted by Crippen LogP contribution is -2.47. The standard InChI is InChI=1S/C15H28N2O3/c1-11(2)8-9-16-13(18)12-7-6-10-17(12)14(19)20-15(3,4)5/h11-12H,6-10H2,1-5H3,(H,16,18). The van der Waals surface area contributed by atoms with Crippen LogP contribution in [-0.4, -0.2) is 41.6 Å². The summed E-state index contributed by atoms with van der Waals surface area (Å²) in [6.45, 7) is 11.0. The summed E-state index contributed by atoms with van der Waals surface area (Å²) in [5.41, 5.74) is -0.529. The van der Waals surface area contributed by atoms with E-state index in [0.717, 1.165) is 12.8 Å². The molecule has 1 N–H and O–H groups in total. The van der Waals surface area contributed by atoms with Gasteiger partial charge in [-0.2, -0.15) is 0 Å². The lowest BCUT2D eigenvalue weighted by atomic mass is 10.1. The van der Waals surface area contributed by atoms with Gasteiger partial charge in [0, 0.05) is 13.1 Å². The molecule has 1 unspecified atom stereocenters. The Morgan fingerprint density at radius 2 is 2.00 bits per heavy atom. The van der Waals surface area contributed by atoms with Crippen LogP contribution < -0.4 is 5.32 Å². The molecule has 20 heavy (non-hydrogen) atoms. The number of nitrogens with zero attached hydrogens (tertiary/aromatic N) is 1. The van der Waals surface area contributed by atoms with Gasteiger partial charge in [0.2, 0.25) is 5.91 Å². The summed E-state index contributed by atoms with van der Waals surface area (Å²) in [5, 5.41) is 2.92. The zero-order chi connectivity index (χ0) is 15.3. The Hall–Kier alpha value is -1.26. The highest BCUT2D eigenvalue weighted by Gasteiger charge is 2.36. The lowest BCUT2D eigenvalue weighted by Gasteiger charge is -2.28. The van der Waals surface area contributed by atoms with Crippen LogP contribution >= 0.6 is 0 Å². The van der Waals surface area contributed by atoms with Crippen molar-refractivity contribution in [2.24, 2.45) is 5.92 Å². The molecule has 0 aliphatic carbocycles. The molecule has 1 heterocycles. The van der Waals surface area contributed by atoms with Gasteiger partial charge in [0.15, 0.2) is 0 Å². The van der Waals surface area contributed by atoms with Crippen LogP contribution in [0.2, 0.25) is 0 Å². The molecule has 0 aromatic carbocycles. The van der Waals surface area contributed by atoms with E-state index in [4.69, 9.17) is 4.74 Å². The zero-order valence-electron chi connectivity index (χ0n) is 13.4. The molecular weight excluding hydrogens is 256 g/mol. The van der Waals surface area contributed by atoms with Crippen LogP contribution in [0.3, 0.4) is 0 Å². The van der Waals surface area contributed by atoms with E-state index in [1.165, 1.54) is 0 Å². The van der Waals surface area contributed by atoms with Gasteiger partial charge in [-0.05, 0) is 46.0 Å². The van der Waals surface area contributed by atoms with E-state index < -0.39 is 5.60 Å². The minimum absolute atomic E-state index is 0.0611. The topological polar surface area (TPSA) is 58.6 Å². The van der Waals surface area contributed by atoms with Crippen molar-refractivity contribution in [2.45, 2.75) is 65.5 Å². The Kier molecular flexibility index (Phi) is 5.84. The van der Waals surface area contributed by atoms with E-state index >= 15 is 0 Å². The third-order valence-electron chi connectivity index (χ3n) is 3.20.